The summed E-state index contributed by atoms with van der Waals surface area (Å²) in [6, 6.07) is 7.14. The van der Waals surface area contributed by atoms with Gasteiger partial charge in [0.1, 0.15) is 18.5 Å². The van der Waals surface area contributed by atoms with Gasteiger partial charge in [-0.1, -0.05) is 25.1 Å². The minimum Gasteiger partial charge on any atom is -0.427 e. The largest absolute Gasteiger partial charge is 0.427 e. The average molecular weight is 570 g/mol. The zero-order chi connectivity index (χ0) is 29.5. The second kappa shape index (κ2) is 9.38. The molecule has 41 heavy (non-hydrogen) atoms. The van der Waals surface area contributed by atoms with E-state index in [4.69, 9.17) is 4.74 Å². The quantitative estimate of drug-likeness (QED) is 0.413. The molecule has 5 aliphatic rings. The fourth-order valence-electron chi connectivity index (χ4n) is 9.73. The number of allylic oxidation sites excluding steroid dienone is 4. The minimum atomic E-state index is -2.20. The van der Waals surface area contributed by atoms with Gasteiger partial charge in [0.2, 0.25) is 0 Å². The number of fused-ring (bicyclic) bond motifs is 7. The highest BCUT2D eigenvalue weighted by molar-refractivity contribution is 6.01. The highest BCUT2D eigenvalue weighted by Crippen LogP contribution is 2.74. The minimum absolute atomic E-state index is 0.000558. The van der Waals surface area contributed by atoms with Gasteiger partial charge in [0, 0.05) is 37.9 Å². The van der Waals surface area contributed by atoms with Gasteiger partial charge < -0.3 is 14.9 Å². The molecule has 220 valence electrons. The van der Waals surface area contributed by atoms with Crippen molar-refractivity contribution in [3.8, 4) is 5.75 Å². The van der Waals surface area contributed by atoms with E-state index in [2.05, 4.69) is 4.90 Å². The van der Waals surface area contributed by atoms with Crippen LogP contribution in [0, 0.1) is 34.0 Å². The highest BCUT2D eigenvalue weighted by atomic mass is 19.1. The number of likely N-dealkylation sites (tertiary alicyclic amines) is 1. The van der Waals surface area contributed by atoms with Gasteiger partial charge in [-0.15, -0.1) is 0 Å². The molecule has 0 amide bonds. The zero-order valence-corrected chi connectivity index (χ0v) is 23.6. The lowest BCUT2D eigenvalue weighted by molar-refractivity contribution is -0.212. The molecule has 3 saturated carbocycles. The number of hydrogen-bond donors (Lipinski definition) is 2. The first-order valence-corrected chi connectivity index (χ1v) is 14.4. The number of aliphatic hydroxyl groups excluding tert-OH is 2. The van der Waals surface area contributed by atoms with Gasteiger partial charge in [0.25, 0.3) is 0 Å². The van der Waals surface area contributed by atoms with Crippen LogP contribution < -0.4 is 4.74 Å². The van der Waals surface area contributed by atoms with Gasteiger partial charge >= 0.3 is 5.97 Å². The van der Waals surface area contributed by atoms with E-state index in [0.29, 0.717) is 31.8 Å². The third-order valence-corrected chi connectivity index (χ3v) is 11.5. The molecule has 0 radical (unpaired) electrons. The van der Waals surface area contributed by atoms with Crippen LogP contribution >= 0.6 is 0 Å². The Morgan fingerprint density at radius 2 is 1.85 bits per heavy atom. The summed E-state index contributed by atoms with van der Waals surface area (Å²) in [4.78, 5) is 39.2. The highest BCUT2D eigenvalue weighted by Gasteiger charge is 2.78. The molecular formula is C32H37F2NO6. The van der Waals surface area contributed by atoms with E-state index in [1.807, 2.05) is 19.1 Å². The van der Waals surface area contributed by atoms with Crippen molar-refractivity contribution in [2.24, 2.45) is 34.0 Å². The molecule has 4 fully saturated rings. The summed E-state index contributed by atoms with van der Waals surface area (Å²) in [6.45, 7) is 5.58. The molecular weight excluding hydrogens is 532 g/mol. The summed E-state index contributed by atoms with van der Waals surface area (Å²) in [6.07, 6.45) is 1.17. The molecule has 0 bridgehead atoms. The molecule has 0 unspecified atom stereocenters. The maximum atomic E-state index is 17.5. The third kappa shape index (κ3) is 3.74. The second-order valence-corrected chi connectivity index (χ2v) is 13.3. The van der Waals surface area contributed by atoms with Crippen LogP contribution in [0.25, 0.3) is 0 Å². The zero-order valence-electron chi connectivity index (χ0n) is 23.6. The molecule has 0 aromatic heterocycles. The number of nitrogens with zero attached hydrogens (tertiary/aromatic N) is 1. The topological polar surface area (TPSA) is 104 Å². The SMILES string of the molecule is CC(=O)Oc1ccc(CN2C[C@@H]3C[C@H]4[C@@H]5C[C@H](F)C6=CC(=O)C=C[C@]6(C)[C@@]5(F)[C@@H](O)C[C@]4(C)[C@]3(C(=O)CO)C2)cc1. The number of carbonyl (C=O) groups excluding carboxylic acids is 3. The van der Waals surface area contributed by atoms with Crippen LogP contribution in [0.4, 0.5) is 8.78 Å². The molecule has 1 aromatic carbocycles. The Bertz CT molecular complexity index is 1360. The van der Waals surface area contributed by atoms with Gasteiger partial charge in [-0.25, -0.2) is 8.78 Å². The monoisotopic (exact) mass is 569 g/mol. The molecule has 6 rings (SSSR count). The predicted octanol–water partition coefficient (Wildman–Crippen LogP) is 3.52. The standard InChI is InChI=1S/C32H37F2NO6/c1-18(37)41-22-6-4-19(5-7-22)14-35-15-20-10-23-24-12-26(33)25-11-21(38)8-9-29(25,2)32(24,34)27(39)13-30(23,3)31(20,17-35)28(40)16-36/h4-9,11,20,23-24,26-27,36,39H,10,12-17H2,1-3H3/t20-,23-,24-,26-,27-,29-,30-,31+,32-/m0/s1. The molecule has 1 saturated heterocycles. The maximum Gasteiger partial charge on any atom is 0.308 e. The van der Waals surface area contributed by atoms with Crippen LogP contribution in [0.2, 0.25) is 0 Å². The van der Waals surface area contributed by atoms with Crippen molar-refractivity contribution in [2.45, 2.75) is 64.5 Å². The number of esters is 1. The normalized spacial score (nSPS) is 43.0. The number of ether oxygens (including phenoxy) is 1. The first kappa shape index (κ1) is 28.4. The summed E-state index contributed by atoms with van der Waals surface area (Å²) in [5, 5.41) is 21.8. The van der Waals surface area contributed by atoms with E-state index in [9.17, 15) is 24.6 Å². The molecule has 2 N–H and O–H groups in total. The Kier molecular flexibility index (Phi) is 6.49. The number of ketones is 2. The van der Waals surface area contributed by atoms with Gasteiger partial charge in [0.15, 0.2) is 17.2 Å². The van der Waals surface area contributed by atoms with Crippen molar-refractivity contribution in [1.29, 1.82) is 0 Å². The average Bonchev–Trinajstić information content (AvgIpc) is 3.39. The summed E-state index contributed by atoms with van der Waals surface area (Å²) < 4.78 is 38.4. The van der Waals surface area contributed by atoms with Crippen LogP contribution in [0.3, 0.4) is 0 Å². The Balaban J connectivity index is 1.33. The number of Topliss-reactive ketones (excluding diaryl/α,β-unsaturated/α-hetero) is 1. The first-order valence-electron chi connectivity index (χ1n) is 14.4. The Labute approximate surface area is 238 Å². The van der Waals surface area contributed by atoms with Crippen molar-refractivity contribution < 1.29 is 38.1 Å². The van der Waals surface area contributed by atoms with Crippen LogP contribution in [-0.2, 0) is 20.9 Å². The lowest BCUT2D eigenvalue weighted by Gasteiger charge is -2.63. The van der Waals surface area contributed by atoms with Gasteiger partial charge in [0.05, 0.1) is 11.5 Å². The second-order valence-electron chi connectivity index (χ2n) is 13.3. The summed E-state index contributed by atoms with van der Waals surface area (Å²) in [7, 11) is 0. The first-order chi connectivity index (χ1) is 19.3. The van der Waals surface area contributed by atoms with E-state index in [1.165, 1.54) is 25.2 Å². The molecule has 9 heteroatoms. The van der Waals surface area contributed by atoms with Crippen molar-refractivity contribution in [2.75, 3.05) is 19.7 Å². The summed E-state index contributed by atoms with van der Waals surface area (Å²) in [5.41, 5.74) is -4.52. The fourth-order valence-corrected chi connectivity index (χ4v) is 9.73. The van der Waals surface area contributed by atoms with Crippen LogP contribution in [0.1, 0.15) is 45.6 Å². The van der Waals surface area contributed by atoms with Gasteiger partial charge in [-0.2, -0.15) is 0 Å². The Hall–Kier alpha value is -2.75. The Morgan fingerprint density at radius 1 is 1.15 bits per heavy atom. The number of halogens is 2. The van der Waals surface area contributed by atoms with E-state index >= 15 is 8.78 Å². The molecule has 9 atom stereocenters. The molecule has 1 heterocycles. The van der Waals surface area contributed by atoms with Crippen LogP contribution in [0.15, 0.2) is 48.1 Å². The van der Waals surface area contributed by atoms with E-state index in [1.54, 1.807) is 19.1 Å². The van der Waals surface area contributed by atoms with Crippen LogP contribution in [0.5, 0.6) is 5.75 Å². The summed E-state index contributed by atoms with van der Waals surface area (Å²) in [5.74, 6) is -2.11. The number of rotatable bonds is 5. The van der Waals surface area contributed by atoms with Crippen molar-refractivity contribution in [3.05, 3.63) is 53.6 Å². The number of hydrogen-bond acceptors (Lipinski definition) is 7. The number of benzene rings is 1. The van der Waals surface area contributed by atoms with E-state index < -0.39 is 52.7 Å². The lowest BCUT2D eigenvalue weighted by atomic mass is 9.43. The van der Waals surface area contributed by atoms with E-state index in [-0.39, 0.29) is 41.8 Å². The van der Waals surface area contributed by atoms with E-state index in [0.717, 1.165) is 5.56 Å². The van der Waals surface area contributed by atoms with Crippen molar-refractivity contribution in [3.63, 3.8) is 0 Å². The maximum absolute atomic E-state index is 17.5. The number of carbonyl (C=O) groups is 3. The number of aliphatic hydroxyl groups is 2. The predicted molar refractivity (Wildman–Crippen MR) is 145 cm³/mol. The third-order valence-electron chi connectivity index (χ3n) is 11.5. The Morgan fingerprint density at radius 3 is 2.51 bits per heavy atom. The fraction of sp³-hybridized carbons (Fsp3) is 0.594. The summed E-state index contributed by atoms with van der Waals surface area (Å²) >= 11 is 0. The molecule has 0 spiro atoms. The smallest absolute Gasteiger partial charge is 0.308 e. The van der Waals surface area contributed by atoms with Crippen molar-refractivity contribution >= 4 is 17.5 Å². The molecule has 1 aromatic rings. The lowest BCUT2D eigenvalue weighted by Crippen LogP contribution is -2.69. The molecule has 4 aliphatic carbocycles. The van der Waals surface area contributed by atoms with Crippen LogP contribution in [-0.4, -0.2) is 70.3 Å². The van der Waals surface area contributed by atoms with Gasteiger partial charge in [-0.05, 0) is 78.9 Å². The molecule has 7 nitrogen and oxygen atoms in total. The number of alkyl halides is 2. The van der Waals surface area contributed by atoms with Gasteiger partial charge in [-0.3, -0.25) is 19.3 Å². The van der Waals surface area contributed by atoms with Crippen molar-refractivity contribution in [1.82, 2.24) is 4.90 Å². The molecule has 1 aliphatic heterocycles.